The number of nitrogens with zero attached hydrogens (tertiary/aromatic N) is 4. The number of carbonyl (C=O) groups excluding carboxylic acids is 1. The first-order chi connectivity index (χ1) is 13.0. The number of rotatable bonds is 7. The molecule has 1 aromatic carbocycles. The molecule has 6 nitrogen and oxygen atoms in total. The molecule has 0 aliphatic carbocycles. The van der Waals surface area contributed by atoms with Gasteiger partial charge in [-0.05, 0) is 43.9 Å². The first kappa shape index (κ1) is 20.0. The molecule has 1 N–H and O–H groups in total. The lowest BCUT2D eigenvalue weighted by atomic mass is 10.2. The van der Waals surface area contributed by atoms with Crippen LogP contribution >= 0.6 is 23.4 Å². The van der Waals surface area contributed by atoms with Gasteiger partial charge < -0.3 is 10.2 Å². The lowest BCUT2D eigenvalue weighted by Crippen LogP contribution is -2.33. The van der Waals surface area contributed by atoms with Crippen molar-refractivity contribution in [1.29, 1.82) is 0 Å². The van der Waals surface area contributed by atoms with E-state index in [9.17, 15) is 4.79 Å². The van der Waals surface area contributed by atoms with Gasteiger partial charge in [-0.15, -0.1) is 10.2 Å². The van der Waals surface area contributed by atoms with E-state index in [4.69, 9.17) is 11.6 Å². The fraction of sp³-hybridized carbons (Fsp3) is 0.526. The van der Waals surface area contributed by atoms with Crippen molar-refractivity contribution in [3.63, 3.8) is 0 Å². The fourth-order valence-electron chi connectivity index (χ4n) is 2.96. The Hall–Kier alpha value is -1.73. The molecule has 0 bridgehead atoms. The molecule has 1 aromatic heterocycles. The number of amides is 1. The molecule has 146 valence electrons. The summed E-state index contributed by atoms with van der Waals surface area (Å²) in [5, 5.41) is 12.9. The van der Waals surface area contributed by atoms with Crippen LogP contribution in [0.4, 0.5) is 5.95 Å². The summed E-state index contributed by atoms with van der Waals surface area (Å²) < 4.78 is 2.01. The second-order valence-electron chi connectivity index (χ2n) is 7.19. The molecule has 1 aliphatic heterocycles. The highest BCUT2D eigenvalue weighted by atomic mass is 35.5. The number of halogens is 1. The van der Waals surface area contributed by atoms with Gasteiger partial charge in [0.25, 0.3) is 0 Å². The van der Waals surface area contributed by atoms with E-state index in [-0.39, 0.29) is 11.2 Å². The Labute approximate surface area is 169 Å². The summed E-state index contributed by atoms with van der Waals surface area (Å²) in [4.78, 5) is 14.6. The normalized spacial score (nSPS) is 15.4. The van der Waals surface area contributed by atoms with Crippen molar-refractivity contribution >= 4 is 35.2 Å². The van der Waals surface area contributed by atoms with Gasteiger partial charge in [-0.25, -0.2) is 0 Å². The third-order valence-corrected chi connectivity index (χ3v) is 5.69. The van der Waals surface area contributed by atoms with E-state index in [1.807, 2.05) is 35.8 Å². The molecule has 0 spiro atoms. The molecular formula is C19H26ClN5OS. The Balaban J connectivity index is 1.87. The molecule has 1 amide bonds. The van der Waals surface area contributed by atoms with Crippen molar-refractivity contribution in [3.05, 3.63) is 29.3 Å². The van der Waals surface area contributed by atoms with Crippen LogP contribution in [0.1, 0.15) is 33.6 Å². The summed E-state index contributed by atoms with van der Waals surface area (Å²) in [5.74, 6) is 1.24. The predicted octanol–water partition coefficient (Wildman–Crippen LogP) is 3.77. The minimum atomic E-state index is -0.266. The summed E-state index contributed by atoms with van der Waals surface area (Å²) in [7, 11) is 0. The third-order valence-electron chi connectivity index (χ3n) is 4.41. The molecule has 0 saturated carbocycles. The number of nitrogens with one attached hydrogen (secondary N) is 1. The first-order valence-electron chi connectivity index (χ1n) is 9.36. The molecule has 0 unspecified atom stereocenters. The average molecular weight is 408 g/mol. The number of anilines is 1. The summed E-state index contributed by atoms with van der Waals surface area (Å²) in [6.07, 6.45) is 2.30. The van der Waals surface area contributed by atoms with Crippen LogP contribution < -0.4 is 10.2 Å². The SMILES string of the molecule is CC(C)CNC(=O)[C@@H](C)Sc1nnc(N2CCCC2)n1-c1cccc(Cl)c1. The largest absolute Gasteiger partial charge is 0.355 e. The van der Waals surface area contributed by atoms with E-state index in [1.54, 1.807) is 0 Å². The van der Waals surface area contributed by atoms with Crippen molar-refractivity contribution in [3.8, 4) is 5.69 Å². The van der Waals surface area contributed by atoms with Crippen molar-refractivity contribution < 1.29 is 4.79 Å². The number of aromatic nitrogens is 3. The van der Waals surface area contributed by atoms with Crippen LogP contribution in [0.25, 0.3) is 5.69 Å². The van der Waals surface area contributed by atoms with Crippen LogP contribution in [-0.2, 0) is 4.79 Å². The predicted molar refractivity (Wildman–Crippen MR) is 111 cm³/mol. The number of carbonyl (C=O) groups is 1. The van der Waals surface area contributed by atoms with Crippen LogP contribution in [0.15, 0.2) is 29.4 Å². The topological polar surface area (TPSA) is 63.1 Å². The van der Waals surface area contributed by atoms with Crippen LogP contribution in [-0.4, -0.2) is 45.6 Å². The molecule has 1 saturated heterocycles. The Morgan fingerprint density at radius 3 is 2.67 bits per heavy atom. The minimum absolute atomic E-state index is 0.0112. The number of thioether (sulfide) groups is 1. The lowest BCUT2D eigenvalue weighted by molar-refractivity contribution is -0.120. The molecule has 1 atom stereocenters. The zero-order chi connectivity index (χ0) is 19.4. The van der Waals surface area contributed by atoms with Gasteiger partial charge >= 0.3 is 0 Å². The first-order valence-corrected chi connectivity index (χ1v) is 10.6. The van der Waals surface area contributed by atoms with Crippen molar-refractivity contribution in [2.45, 2.75) is 44.0 Å². The van der Waals surface area contributed by atoms with Crippen LogP contribution in [0.5, 0.6) is 0 Å². The van der Waals surface area contributed by atoms with Gasteiger partial charge in [-0.1, -0.05) is 43.3 Å². The molecule has 8 heteroatoms. The Morgan fingerprint density at radius 2 is 2.00 bits per heavy atom. The molecule has 27 heavy (non-hydrogen) atoms. The standard InChI is InChI=1S/C19H26ClN5OS/c1-13(2)12-21-17(26)14(3)27-19-23-22-18(24-9-4-5-10-24)25(19)16-8-6-7-15(20)11-16/h6-8,11,13-14H,4-5,9-10,12H2,1-3H3,(H,21,26)/t14-/m1/s1. The smallest absolute Gasteiger partial charge is 0.233 e. The Morgan fingerprint density at radius 1 is 1.26 bits per heavy atom. The van der Waals surface area contributed by atoms with E-state index in [0.717, 1.165) is 37.6 Å². The zero-order valence-electron chi connectivity index (χ0n) is 16.0. The third kappa shape index (κ3) is 4.96. The van der Waals surface area contributed by atoms with Crippen molar-refractivity contribution in [1.82, 2.24) is 20.1 Å². The lowest BCUT2D eigenvalue weighted by Gasteiger charge is -2.19. The quantitative estimate of drug-likeness (QED) is 0.708. The monoisotopic (exact) mass is 407 g/mol. The van der Waals surface area contributed by atoms with E-state index in [2.05, 4.69) is 34.3 Å². The zero-order valence-corrected chi connectivity index (χ0v) is 17.6. The van der Waals surface area contributed by atoms with Gasteiger partial charge in [0.05, 0.1) is 10.9 Å². The average Bonchev–Trinajstić information content (AvgIpc) is 3.28. The van der Waals surface area contributed by atoms with E-state index in [1.165, 1.54) is 11.8 Å². The number of hydrogen-bond acceptors (Lipinski definition) is 5. The second kappa shape index (κ2) is 8.97. The van der Waals surface area contributed by atoms with Crippen molar-refractivity contribution in [2.24, 2.45) is 5.92 Å². The Bertz CT molecular complexity index is 788. The van der Waals surface area contributed by atoms with Gasteiger partial charge in [0.1, 0.15) is 0 Å². The molecule has 2 aromatic rings. The van der Waals surface area contributed by atoms with E-state index in [0.29, 0.717) is 22.6 Å². The fourth-order valence-corrected chi connectivity index (χ4v) is 4.03. The minimum Gasteiger partial charge on any atom is -0.355 e. The summed E-state index contributed by atoms with van der Waals surface area (Å²) >= 11 is 7.63. The second-order valence-corrected chi connectivity index (χ2v) is 8.94. The van der Waals surface area contributed by atoms with Crippen LogP contribution in [0.2, 0.25) is 5.02 Å². The van der Waals surface area contributed by atoms with E-state index < -0.39 is 0 Å². The van der Waals surface area contributed by atoms with Gasteiger partial charge in [-0.3, -0.25) is 9.36 Å². The molecule has 2 heterocycles. The highest BCUT2D eigenvalue weighted by molar-refractivity contribution is 8.00. The van der Waals surface area contributed by atoms with Crippen LogP contribution in [0, 0.1) is 5.92 Å². The number of benzene rings is 1. The van der Waals surface area contributed by atoms with E-state index >= 15 is 0 Å². The maximum atomic E-state index is 12.4. The van der Waals surface area contributed by atoms with Gasteiger partial charge in [0.15, 0.2) is 5.16 Å². The highest BCUT2D eigenvalue weighted by Crippen LogP contribution is 2.31. The molecule has 1 fully saturated rings. The molecular weight excluding hydrogens is 382 g/mol. The van der Waals surface area contributed by atoms with Gasteiger partial charge in [0, 0.05) is 24.7 Å². The maximum absolute atomic E-state index is 12.4. The van der Waals surface area contributed by atoms with Gasteiger partial charge in [-0.2, -0.15) is 0 Å². The molecule has 3 rings (SSSR count). The van der Waals surface area contributed by atoms with Crippen molar-refractivity contribution in [2.75, 3.05) is 24.5 Å². The summed E-state index contributed by atoms with van der Waals surface area (Å²) in [5.41, 5.74) is 0.909. The number of hydrogen-bond donors (Lipinski definition) is 1. The summed E-state index contributed by atoms with van der Waals surface area (Å²) in [6.45, 7) is 8.66. The highest BCUT2D eigenvalue weighted by Gasteiger charge is 2.25. The summed E-state index contributed by atoms with van der Waals surface area (Å²) in [6, 6.07) is 7.65. The van der Waals surface area contributed by atoms with Crippen LogP contribution in [0.3, 0.4) is 0 Å². The Kier molecular flexibility index (Phi) is 6.65. The molecule has 1 aliphatic rings. The molecule has 0 radical (unpaired) electrons. The maximum Gasteiger partial charge on any atom is 0.233 e. The van der Waals surface area contributed by atoms with Gasteiger partial charge in [0.2, 0.25) is 11.9 Å².